The largest absolute Gasteiger partial charge is 0.247 e. The second kappa shape index (κ2) is 1.88. The highest BCUT2D eigenvalue weighted by Crippen LogP contribution is 2.18. The van der Waals surface area contributed by atoms with Crippen molar-refractivity contribution in [3.63, 3.8) is 0 Å². The Morgan fingerprint density at radius 2 is 2.50 bits per heavy atom. The molecule has 0 aliphatic carbocycles. The van der Waals surface area contributed by atoms with Crippen molar-refractivity contribution in [2.45, 2.75) is 0 Å². The Morgan fingerprint density at radius 1 is 1.60 bits per heavy atom. The van der Waals surface area contributed by atoms with E-state index in [1.807, 2.05) is 18.4 Å². The molecular weight excluding hydrogens is 128 g/mol. The van der Waals surface area contributed by atoms with Gasteiger partial charge in [-0.25, -0.2) is 10.5 Å². The zero-order valence-corrected chi connectivity index (χ0v) is 5.37. The Kier molecular flexibility index (Phi) is 1.05. The molecule has 10 heavy (non-hydrogen) atoms. The molecule has 1 radical (unpaired) electrons. The van der Waals surface area contributed by atoms with Gasteiger partial charge in [-0.05, 0) is 24.6 Å². The van der Waals surface area contributed by atoms with Crippen molar-refractivity contribution in [2.75, 3.05) is 0 Å². The van der Waals surface area contributed by atoms with Gasteiger partial charge < -0.3 is 0 Å². The van der Waals surface area contributed by atoms with Crippen LogP contribution in [0.3, 0.4) is 0 Å². The molecule has 0 spiro atoms. The van der Waals surface area contributed by atoms with Crippen molar-refractivity contribution in [3.8, 4) is 0 Å². The monoisotopic (exact) mass is 135 g/mol. The number of hydroxylamine groups is 3. The molecule has 0 bridgehead atoms. The fraction of sp³-hybridized carbons (Fsp3) is 0. The van der Waals surface area contributed by atoms with E-state index in [9.17, 15) is 0 Å². The van der Waals surface area contributed by atoms with Gasteiger partial charge in [-0.1, -0.05) is 0 Å². The summed E-state index contributed by atoms with van der Waals surface area (Å²) >= 11 is 0. The summed E-state index contributed by atoms with van der Waals surface area (Å²) in [5, 5.41) is 1.63. The van der Waals surface area contributed by atoms with Gasteiger partial charge in [0.05, 0.1) is 11.9 Å². The predicted molar refractivity (Wildman–Crippen MR) is 36.7 cm³/mol. The van der Waals surface area contributed by atoms with Crippen molar-refractivity contribution in [3.05, 3.63) is 42.7 Å². The molecule has 51 valence electrons. The number of nitrogens with zero attached hydrogens (tertiary/aromatic N) is 1. The lowest BCUT2D eigenvalue weighted by Crippen LogP contribution is -2.15. The molecule has 2 aliphatic rings. The zero-order chi connectivity index (χ0) is 6.97. The van der Waals surface area contributed by atoms with E-state index in [1.165, 1.54) is 0 Å². The molecule has 0 aromatic rings. The van der Waals surface area contributed by atoms with Crippen LogP contribution >= 0.6 is 0 Å². The molecule has 0 saturated heterocycles. The zero-order valence-electron chi connectivity index (χ0n) is 5.37. The highest BCUT2D eigenvalue weighted by molar-refractivity contribution is 5.35. The Balaban J connectivity index is 2.34. The normalized spacial score (nSPS) is 21.5. The molecule has 3 heteroatoms. The first-order valence-electron chi connectivity index (χ1n) is 3.00. The van der Waals surface area contributed by atoms with E-state index >= 15 is 0 Å². The van der Waals surface area contributed by atoms with Crippen molar-refractivity contribution in [1.82, 2.24) is 10.5 Å². The first-order valence-corrected chi connectivity index (χ1v) is 3.00. The number of nitrogens with one attached hydrogen (secondary N) is 1. The molecule has 1 N–H and O–H groups in total. The molecule has 0 amide bonds. The van der Waals surface area contributed by atoms with Gasteiger partial charge in [0.1, 0.15) is 0 Å². The maximum absolute atomic E-state index is 4.94. The van der Waals surface area contributed by atoms with E-state index in [0.717, 1.165) is 11.3 Å². The Labute approximate surface area is 59.2 Å². The van der Waals surface area contributed by atoms with E-state index in [1.54, 1.807) is 11.3 Å². The quantitative estimate of drug-likeness (QED) is 0.533. The van der Waals surface area contributed by atoms with E-state index < -0.39 is 0 Å². The molecule has 2 aliphatic heterocycles. The molecule has 0 saturated carbocycles. The third-order valence-corrected chi connectivity index (χ3v) is 1.37. The molecule has 0 aromatic heterocycles. The number of hydrogen-bond acceptors (Lipinski definition) is 3. The summed E-state index contributed by atoms with van der Waals surface area (Å²) < 4.78 is 0. The summed E-state index contributed by atoms with van der Waals surface area (Å²) in [6, 6.07) is 0. The van der Waals surface area contributed by atoms with Crippen LogP contribution in [0.4, 0.5) is 0 Å². The summed E-state index contributed by atoms with van der Waals surface area (Å²) in [5.41, 5.74) is 4.59. The molecule has 0 fully saturated rings. The molecule has 2 heterocycles. The van der Waals surface area contributed by atoms with Gasteiger partial charge in [0.15, 0.2) is 0 Å². The lowest BCUT2D eigenvalue weighted by molar-refractivity contribution is -0.112. The Hall–Kier alpha value is -1.22. The average Bonchev–Trinajstić information content (AvgIpc) is 2.33. The molecule has 0 unspecified atom stereocenters. The molecular formula is C7H7N2O. The lowest BCUT2D eigenvalue weighted by atomic mass is 10.2. The van der Waals surface area contributed by atoms with Gasteiger partial charge in [0, 0.05) is 6.20 Å². The minimum Gasteiger partial charge on any atom is -0.247 e. The topological polar surface area (TPSA) is 24.5 Å². The van der Waals surface area contributed by atoms with Crippen molar-refractivity contribution < 1.29 is 4.94 Å². The number of rotatable bonds is 0. The minimum absolute atomic E-state index is 0.979. The van der Waals surface area contributed by atoms with Crippen molar-refractivity contribution in [1.29, 1.82) is 0 Å². The van der Waals surface area contributed by atoms with Crippen LogP contribution in [0.2, 0.25) is 0 Å². The number of fused-ring (bicyclic) bond motifs is 1. The fourth-order valence-corrected chi connectivity index (χ4v) is 0.883. The summed E-state index contributed by atoms with van der Waals surface area (Å²) in [5.74, 6) is 0. The van der Waals surface area contributed by atoms with E-state index in [4.69, 9.17) is 4.94 Å². The van der Waals surface area contributed by atoms with Crippen LogP contribution in [-0.4, -0.2) is 5.06 Å². The highest BCUT2D eigenvalue weighted by Gasteiger charge is 2.13. The summed E-state index contributed by atoms with van der Waals surface area (Å²) in [6.07, 6.45) is 7.40. The van der Waals surface area contributed by atoms with Crippen LogP contribution in [0.1, 0.15) is 0 Å². The summed E-state index contributed by atoms with van der Waals surface area (Å²) in [6.45, 7) is 3.78. The lowest BCUT2D eigenvalue weighted by Gasteiger charge is -2.14. The van der Waals surface area contributed by atoms with Crippen LogP contribution < -0.4 is 5.48 Å². The van der Waals surface area contributed by atoms with Gasteiger partial charge in [-0.15, -0.1) is 0 Å². The van der Waals surface area contributed by atoms with Gasteiger partial charge in [0.2, 0.25) is 0 Å². The average molecular weight is 135 g/mol. The molecule has 0 atom stereocenters. The van der Waals surface area contributed by atoms with Crippen molar-refractivity contribution in [2.24, 2.45) is 0 Å². The van der Waals surface area contributed by atoms with Crippen LogP contribution in [0, 0.1) is 6.92 Å². The summed E-state index contributed by atoms with van der Waals surface area (Å²) in [7, 11) is 0. The molecule has 0 aromatic carbocycles. The smallest absolute Gasteiger partial charge is 0.0897 e. The molecule has 3 nitrogen and oxygen atoms in total. The van der Waals surface area contributed by atoms with E-state index in [0.29, 0.717) is 0 Å². The van der Waals surface area contributed by atoms with Gasteiger partial charge in [0.25, 0.3) is 0 Å². The van der Waals surface area contributed by atoms with Gasteiger partial charge in [-0.2, -0.15) is 4.94 Å². The first kappa shape index (κ1) is 5.56. The maximum atomic E-state index is 4.94. The number of allylic oxidation sites excluding steroid dienone is 3. The van der Waals surface area contributed by atoms with E-state index in [-0.39, 0.29) is 0 Å². The summed E-state index contributed by atoms with van der Waals surface area (Å²) in [4.78, 5) is 4.94. The SMILES string of the molecule is [CH2]C1=CC2=CNON2C=C1. The second-order valence-electron chi connectivity index (χ2n) is 2.14. The van der Waals surface area contributed by atoms with E-state index in [2.05, 4.69) is 12.4 Å². The van der Waals surface area contributed by atoms with Gasteiger partial charge in [-0.3, -0.25) is 0 Å². The minimum atomic E-state index is 0.979. The standard InChI is InChI=1S/C7H7N2O/c1-6-2-3-9-7(4-6)5-8-10-9/h2-5,8H,1H2. The predicted octanol–water partition coefficient (Wildman–Crippen LogP) is 0.867. The molecule has 2 rings (SSSR count). The Bertz CT molecular complexity index is 240. The van der Waals surface area contributed by atoms with Gasteiger partial charge >= 0.3 is 0 Å². The van der Waals surface area contributed by atoms with Crippen LogP contribution in [0.15, 0.2) is 35.8 Å². The third-order valence-electron chi connectivity index (χ3n) is 1.37. The number of hydrogen-bond donors (Lipinski definition) is 1. The highest BCUT2D eigenvalue weighted by atomic mass is 16.8. The van der Waals surface area contributed by atoms with Crippen LogP contribution in [0.5, 0.6) is 0 Å². The Morgan fingerprint density at radius 3 is 3.40 bits per heavy atom. The van der Waals surface area contributed by atoms with Crippen LogP contribution in [0.25, 0.3) is 0 Å². The fourth-order valence-electron chi connectivity index (χ4n) is 0.883. The first-order chi connectivity index (χ1) is 4.86. The van der Waals surface area contributed by atoms with Crippen LogP contribution in [-0.2, 0) is 4.94 Å². The maximum Gasteiger partial charge on any atom is 0.0897 e. The third kappa shape index (κ3) is 0.717. The second-order valence-corrected chi connectivity index (χ2v) is 2.14. The van der Waals surface area contributed by atoms with Crippen molar-refractivity contribution >= 4 is 0 Å².